The number of aliphatic hydroxyl groups is 1. The van der Waals surface area contributed by atoms with Crippen LogP contribution in [-0.2, 0) is 25.2 Å². The Kier molecular flexibility index (Phi) is 4.06. The molecule has 136 valence electrons. The number of ketones is 1. The number of carbonyl (C=O) groups is 1. The molecule has 25 heavy (non-hydrogen) atoms. The van der Waals surface area contributed by atoms with Gasteiger partial charge in [-0.05, 0) is 31.5 Å². The third-order valence-electron chi connectivity index (χ3n) is 4.40. The zero-order chi connectivity index (χ0) is 18.4. The summed E-state index contributed by atoms with van der Waals surface area (Å²) < 4.78 is 41.4. The zero-order valence-corrected chi connectivity index (χ0v) is 14.9. The van der Waals surface area contributed by atoms with E-state index in [2.05, 4.69) is 0 Å². The second kappa shape index (κ2) is 5.83. The van der Waals surface area contributed by atoms with Gasteiger partial charge in [-0.15, -0.1) is 0 Å². The first kappa shape index (κ1) is 17.4. The zero-order valence-electron chi connectivity index (χ0n) is 14.1. The Morgan fingerprint density at radius 1 is 1.28 bits per heavy atom. The maximum atomic E-state index is 12.7. The number of sulfonamides is 1. The van der Waals surface area contributed by atoms with Gasteiger partial charge in [0.15, 0.2) is 0 Å². The summed E-state index contributed by atoms with van der Waals surface area (Å²) in [6.07, 6.45) is 0.399. The fourth-order valence-corrected chi connectivity index (χ4v) is 4.51. The molecular formula is C16H19NO7S. The van der Waals surface area contributed by atoms with E-state index in [1.54, 1.807) is 18.2 Å². The highest BCUT2D eigenvalue weighted by Gasteiger charge is 2.53. The van der Waals surface area contributed by atoms with E-state index in [1.165, 1.54) is 21.1 Å². The normalized spacial score (nSPS) is 25.2. The summed E-state index contributed by atoms with van der Waals surface area (Å²) >= 11 is 0. The average molecular weight is 369 g/mol. The maximum Gasteiger partial charge on any atom is 0.252 e. The molecule has 0 amide bonds. The van der Waals surface area contributed by atoms with Crippen molar-refractivity contribution in [3.8, 4) is 11.5 Å². The molecule has 3 rings (SSSR count). The predicted molar refractivity (Wildman–Crippen MR) is 87.8 cm³/mol. The second-order valence-electron chi connectivity index (χ2n) is 5.93. The van der Waals surface area contributed by atoms with Crippen molar-refractivity contribution < 1.29 is 32.5 Å². The van der Waals surface area contributed by atoms with Gasteiger partial charge in [0, 0.05) is 12.1 Å². The van der Waals surface area contributed by atoms with Crippen LogP contribution in [0.4, 0.5) is 0 Å². The van der Waals surface area contributed by atoms with Gasteiger partial charge in [0.2, 0.25) is 21.4 Å². The summed E-state index contributed by atoms with van der Waals surface area (Å²) in [4.78, 5) is 12.7. The molecule has 9 heteroatoms. The molecule has 0 aromatic heterocycles. The Morgan fingerprint density at radius 2 is 2.00 bits per heavy atom. The highest BCUT2D eigenvalue weighted by Crippen LogP contribution is 2.44. The average Bonchev–Trinajstić information content (AvgIpc) is 3.06. The number of rotatable bonds is 4. The van der Waals surface area contributed by atoms with Crippen LogP contribution in [0, 0.1) is 0 Å². The van der Waals surface area contributed by atoms with Crippen molar-refractivity contribution in [3.63, 3.8) is 0 Å². The van der Waals surface area contributed by atoms with Gasteiger partial charge < -0.3 is 19.3 Å². The van der Waals surface area contributed by atoms with Crippen LogP contribution in [0.5, 0.6) is 11.5 Å². The number of ether oxygens (including phenoxy) is 3. The highest BCUT2D eigenvalue weighted by atomic mass is 32.2. The van der Waals surface area contributed by atoms with Gasteiger partial charge in [0.1, 0.15) is 11.5 Å². The number of carbonyl (C=O) groups excluding carboxylic acids is 1. The third kappa shape index (κ3) is 2.58. The van der Waals surface area contributed by atoms with Crippen LogP contribution in [0.15, 0.2) is 29.8 Å². The molecular weight excluding hydrogens is 350 g/mol. The van der Waals surface area contributed by atoms with Crippen molar-refractivity contribution in [3.05, 3.63) is 35.4 Å². The van der Waals surface area contributed by atoms with Crippen LogP contribution >= 0.6 is 0 Å². The molecule has 1 aromatic rings. The van der Waals surface area contributed by atoms with Gasteiger partial charge in [-0.1, -0.05) is 0 Å². The van der Waals surface area contributed by atoms with E-state index in [-0.39, 0.29) is 18.2 Å². The maximum absolute atomic E-state index is 12.7. The van der Waals surface area contributed by atoms with Crippen LogP contribution < -0.4 is 9.47 Å². The highest BCUT2D eigenvalue weighted by molar-refractivity contribution is 7.89. The lowest BCUT2D eigenvalue weighted by Gasteiger charge is -2.27. The summed E-state index contributed by atoms with van der Waals surface area (Å²) in [7, 11) is -0.692. The molecule has 1 atom stereocenters. The van der Waals surface area contributed by atoms with E-state index < -0.39 is 27.2 Å². The second-order valence-corrected chi connectivity index (χ2v) is 7.94. The molecule has 0 spiro atoms. The number of benzene rings is 1. The summed E-state index contributed by atoms with van der Waals surface area (Å²) in [5.74, 6) is -1.02. The molecule has 0 bridgehead atoms. The van der Waals surface area contributed by atoms with Gasteiger partial charge in [0.25, 0.3) is 11.7 Å². The summed E-state index contributed by atoms with van der Waals surface area (Å²) in [6, 6.07) is 4.83. The topological polar surface area (TPSA) is 102 Å². The van der Waals surface area contributed by atoms with E-state index in [9.17, 15) is 18.3 Å². The standard InChI is InChI=1S/C16H19NO7S/c1-16(11-9-10(22-2)5-6-12(11)23-3)14(19)13(18)15(24-16)17-7-4-8-25(17,20)21/h5-6,9,18H,4,7-8H2,1-3H3. The van der Waals surface area contributed by atoms with Crippen molar-refractivity contribution >= 4 is 15.8 Å². The van der Waals surface area contributed by atoms with Gasteiger partial charge in [-0.3, -0.25) is 4.79 Å². The lowest BCUT2D eigenvalue weighted by Crippen LogP contribution is -2.33. The quantitative estimate of drug-likeness (QED) is 0.853. The minimum atomic E-state index is -3.61. The molecule has 1 unspecified atom stereocenters. The third-order valence-corrected chi connectivity index (χ3v) is 6.22. The van der Waals surface area contributed by atoms with E-state index in [4.69, 9.17) is 14.2 Å². The summed E-state index contributed by atoms with van der Waals surface area (Å²) in [5.41, 5.74) is -1.30. The molecule has 1 aromatic carbocycles. The summed E-state index contributed by atoms with van der Waals surface area (Å²) in [6.45, 7) is 1.61. The predicted octanol–water partition coefficient (Wildman–Crippen LogP) is 1.28. The lowest BCUT2D eigenvalue weighted by molar-refractivity contribution is -0.132. The van der Waals surface area contributed by atoms with Gasteiger partial charge in [0.05, 0.1) is 20.0 Å². The first-order chi connectivity index (χ1) is 11.7. The lowest BCUT2D eigenvalue weighted by atomic mass is 9.90. The van der Waals surface area contributed by atoms with Crippen LogP contribution in [0.1, 0.15) is 18.9 Å². The smallest absolute Gasteiger partial charge is 0.252 e. The van der Waals surface area contributed by atoms with Crippen molar-refractivity contribution in [2.24, 2.45) is 0 Å². The van der Waals surface area contributed by atoms with Crippen molar-refractivity contribution in [2.75, 3.05) is 26.5 Å². The van der Waals surface area contributed by atoms with Gasteiger partial charge >= 0.3 is 0 Å². The van der Waals surface area contributed by atoms with Gasteiger partial charge in [-0.2, -0.15) is 0 Å². The van der Waals surface area contributed by atoms with Crippen molar-refractivity contribution in [2.45, 2.75) is 18.9 Å². The van der Waals surface area contributed by atoms with Crippen LogP contribution in [0.3, 0.4) is 0 Å². The Bertz CT molecular complexity index is 861. The molecule has 0 saturated carbocycles. The number of aliphatic hydroxyl groups excluding tert-OH is 1. The van der Waals surface area contributed by atoms with Crippen LogP contribution in [-0.4, -0.2) is 50.1 Å². The van der Waals surface area contributed by atoms with Crippen molar-refractivity contribution in [1.82, 2.24) is 4.31 Å². The van der Waals surface area contributed by atoms with E-state index >= 15 is 0 Å². The molecule has 2 heterocycles. The SMILES string of the molecule is COc1ccc(OC)c(C2(C)OC(N3CCCS3(=O)=O)=C(O)C2=O)c1. The number of hydrogen-bond donors (Lipinski definition) is 1. The molecule has 1 N–H and O–H groups in total. The van der Waals surface area contributed by atoms with E-state index in [0.717, 1.165) is 4.31 Å². The first-order valence-electron chi connectivity index (χ1n) is 7.64. The van der Waals surface area contributed by atoms with E-state index in [0.29, 0.717) is 23.5 Å². The van der Waals surface area contributed by atoms with Gasteiger partial charge in [-0.25, -0.2) is 12.7 Å². The van der Waals surface area contributed by atoms with Crippen LogP contribution in [0.25, 0.3) is 0 Å². The Balaban J connectivity index is 2.07. The van der Waals surface area contributed by atoms with Crippen LogP contribution in [0.2, 0.25) is 0 Å². The van der Waals surface area contributed by atoms with E-state index in [1.807, 2.05) is 0 Å². The molecule has 0 radical (unpaired) electrons. The largest absolute Gasteiger partial charge is 0.501 e. The molecule has 8 nitrogen and oxygen atoms in total. The Labute approximate surface area is 145 Å². The molecule has 1 fully saturated rings. The monoisotopic (exact) mass is 369 g/mol. The molecule has 0 aliphatic carbocycles. The molecule has 2 aliphatic heterocycles. The number of nitrogens with zero attached hydrogens (tertiary/aromatic N) is 1. The summed E-state index contributed by atoms with van der Waals surface area (Å²) in [5, 5.41) is 10.3. The minimum Gasteiger partial charge on any atom is -0.501 e. The number of Topliss-reactive ketones (excluding diaryl/α,β-unsaturated/α-hetero) is 1. The molecule has 2 aliphatic rings. The Hall–Kier alpha value is -2.42. The fraction of sp³-hybridized carbons (Fsp3) is 0.438. The minimum absolute atomic E-state index is 0.0550. The number of methoxy groups -OCH3 is 2. The van der Waals surface area contributed by atoms with Crippen molar-refractivity contribution in [1.29, 1.82) is 0 Å². The fourth-order valence-electron chi connectivity index (χ4n) is 3.01. The number of hydrogen-bond acceptors (Lipinski definition) is 7. The first-order valence-corrected chi connectivity index (χ1v) is 9.25. The molecule has 1 saturated heterocycles. The Morgan fingerprint density at radius 3 is 2.56 bits per heavy atom.